The van der Waals surface area contributed by atoms with Crippen molar-refractivity contribution in [3.63, 3.8) is 0 Å². The number of nitrogens with zero attached hydrogens (tertiary/aromatic N) is 4. The van der Waals surface area contributed by atoms with E-state index in [1.54, 1.807) is 18.2 Å². The number of rotatable bonds is 3. The Balaban J connectivity index is 2.56. The molecule has 0 bridgehead atoms. The van der Waals surface area contributed by atoms with Crippen LogP contribution in [0.1, 0.15) is 13.8 Å². The van der Waals surface area contributed by atoms with E-state index in [-0.39, 0.29) is 0 Å². The summed E-state index contributed by atoms with van der Waals surface area (Å²) in [6, 6.07) is 5.16. The van der Waals surface area contributed by atoms with Crippen LogP contribution in [0.5, 0.6) is 0 Å². The summed E-state index contributed by atoms with van der Waals surface area (Å²) >= 11 is 9.23. The largest absolute Gasteiger partial charge is 0.479 e. The van der Waals surface area contributed by atoms with Gasteiger partial charge in [0.1, 0.15) is 0 Å². The first-order chi connectivity index (χ1) is 8.84. The molecule has 0 saturated carbocycles. The van der Waals surface area contributed by atoms with Gasteiger partial charge >= 0.3 is 5.97 Å². The molecule has 1 heterocycles. The van der Waals surface area contributed by atoms with Gasteiger partial charge in [-0.3, -0.25) is 0 Å². The zero-order valence-electron chi connectivity index (χ0n) is 10.1. The van der Waals surface area contributed by atoms with Gasteiger partial charge in [0.05, 0.1) is 5.02 Å². The number of aliphatic carboxylic acids is 1. The zero-order valence-corrected chi connectivity index (χ0v) is 12.5. The first-order valence-electron chi connectivity index (χ1n) is 5.31. The molecule has 2 rings (SSSR count). The lowest BCUT2D eigenvalue weighted by molar-refractivity contribution is -0.146. The maximum atomic E-state index is 11.3. The Morgan fingerprint density at radius 1 is 1.47 bits per heavy atom. The monoisotopic (exact) mass is 344 g/mol. The van der Waals surface area contributed by atoms with Crippen molar-refractivity contribution in [2.45, 2.75) is 19.4 Å². The standard InChI is InChI=1S/C11H10BrClN4O2/c1-11(2,10(18)19)17-9(14-15-16-17)6-3-4-8(13)7(12)5-6/h3-5H,1-2H3,(H,18,19). The minimum atomic E-state index is -1.25. The summed E-state index contributed by atoms with van der Waals surface area (Å²) in [7, 11) is 0. The van der Waals surface area contributed by atoms with Gasteiger partial charge in [-0.25, -0.2) is 9.48 Å². The number of carboxylic acids is 1. The molecule has 19 heavy (non-hydrogen) atoms. The fourth-order valence-electron chi connectivity index (χ4n) is 1.47. The van der Waals surface area contributed by atoms with Gasteiger partial charge in [0.15, 0.2) is 11.4 Å². The molecular weight excluding hydrogens is 336 g/mol. The van der Waals surface area contributed by atoms with Crippen molar-refractivity contribution >= 4 is 33.5 Å². The van der Waals surface area contributed by atoms with Gasteiger partial charge in [-0.05, 0) is 58.4 Å². The molecule has 0 saturated heterocycles. The number of carboxylic acid groups (broad SMARTS) is 1. The molecule has 0 fully saturated rings. The fraction of sp³-hybridized carbons (Fsp3) is 0.273. The quantitative estimate of drug-likeness (QED) is 0.924. The Hall–Kier alpha value is -1.47. The molecule has 0 amide bonds. The Labute approximate surface area is 122 Å². The summed E-state index contributed by atoms with van der Waals surface area (Å²) in [5.41, 5.74) is -0.569. The van der Waals surface area contributed by atoms with Crippen LogP contribution in [-0.2, 0) is 10.3 Å². The average molecular weight is 346 g/mol. The number of hydrogen-bond donors (Lipinski definition) is 1. The summed E-state index contributed by atoms with van der Waals surface area (Å²) in [4.78, 5) is 11.3. The van der Waals surface area contributed by atoms with Crippen molar-refractivity contribution in [2.75, 3.05) is 0 Å². The summed E-state index contributed by atoms with van der Waals surface area (Å²) in [6.07, 6.45) is 0. The summed E-state index contributed by atoms with van der Waals surface area (Å²) in [5, 5.41) is 21.0. The van der Waals surface area contributed by atoms with E-state index in [9.17, 15) is 9.90 Å². The van der Waals surface area contributed by atoms with E-state index in [1.807, 2.05) is 0 Å². The molecule has 1 N–H and O–H groups in total. The zero-order chi connectivity index (χ0) is 14.2. The van der Waals surface area contributed by atoms with E-state index < -0.39 is 11.5 Å². The minimum Gasteiger partial charge on any atom is -0.479 e. The van der Waals surface area contributed by atoms with E-state index in [2.05, 4.69) is 31.5 Å². The second kappa shape index (κ2) is 4.90. The molecule has 0 atom stereocenters. The van der Waals surface area contributed by atoms with Crippen molar-refractivity contribution in [3.05, 3.63) is 27.7 Å². The van der Waals surface area contributed by atoms with Crippen molar-refractivity contribution in [3.8, 4) is 11.4 Å². The lowest BCUT2D eigenvalue weighted by Crippen LogP contribution is -2.37. The predicted molar refractivity (Wildman–Crippen MR) is 72.9 cm³/mol. The van der Waals surface area contributed by atoms with Gasteiger partial charge in [0, 0.05) is 10.0 Å². The molecule has 0 spiro atoms. The summed E-state index contributed by atoms with van der Waals surface area (Å²) in [5.74, 6) is -0.654. The van der Waals surface area contributed by atoms with E-state index in [0.29, 0.717) is 20.9 Å². The van der Waals surface area contributed by atoms with Crippen LogP contribution in [-0.4, -0.2) is 31.3 Å². The van der Waals surface area contributed by atoms with Crippen LogP contribution in [0.2, 0.25) is 5.02 Å². The highest BCUT2D eigenvalue weighted by molar-refractivity contribution is 9.10. The smallest absolute Gasteiger partial charge is 0.331 e. The fourth-order valence-corrected chi connectivity index (χ4v) is 1.97. The highest BCUT2D eigenvalue weighted by atomic mass is 79.9. The molecule has 6 nitrogen and oxygen atoms in total. The molecule has 0 radical (unpaired) electrons. The van der Waals surface area contributed by atoms with Gasteiger partial charge in [-0.2, -0.15) is 0 Å². The van der Waals surface area contributed by atoms with Crippen LogP contribution in [0, 0.1) is 0 Å². The molecule has 1 aromatic heterocycles. The van der Waals surface area contributed by atoms with Crippen molar-refractivity contribution in [1.82, 2.24) is 20.2 Å². The maximum Gasteiger partial charge on any atom is 0.331 e. The van der Waals surface area contributed by atoms with Crippen LogP contribution in [0.25, 0.3) is 11.4 Å². The van der Waals surface area contributed by atoms with E-state index in [4.69, 9.17) is 11.6 Å². The number of aromatic nitrogens is 4. The minimum absolute atomic E-state index is 0.366. The second-order valence-electron chi connectivity index (χ2n) is 4.41. The van der Waals surface area contributed by atoms with E-state index >= 15 is 0 Å². The third-order valence-electron chi connectivity index (χ3n) is 2.70. The summed E-state index contributed by atoms with van der Waals surface area (Å²) in [6.45, 7) is 3.06. The van der Waals surface area contributed by atoms with Gasteiger partial charge in [-0.15, -0.1) is 5.10 Å². The van der Waals surface area contributed by atoms with Gasteiger partial charge in [0.25, 0.3) is 0 Å². The molecular formula is C11H10BrClN4O2. The Morgan fingerprint density at radius 3 is 2.74 bits per heavy atom. The second-order valence-corrected chi connectivity index (χ2v) is 5.67. The van der Waals surface area contributed by atoms with Crippen molar-refractivity contribution < 1.29 is 9.90 Å². The van der Waals surface area contributed by atoms with Crippen LogP contribution >= 0.6 is 27.5 Å². The molecule has 8 heteroatoms. The average Bonchev–Trinajstić information content (AvgIpc) is 2.82. The first kappa shape index (κ1) is 14.0. The lowest BCUT2D eigenvalue weighted by Gasteiger charge is -2.20. The number of carbonyl (C=O) groups is 1. The predicted octanol–water partition coefficient (Wildman–Crippen LogP) is 2.58. The van der Waals surface area contributed by atoms with Gasteiger partial charge in [-0.1, -0.05) is 11.6 Å². The highest BCUT2D eigenvalue weighted by Crippen LogP contribution is 2.29. The molecule has 1 aromatic carbocycles. The summed E-state index contributed by atoms with van der Waals surface area (Å²) < 4.78 is 1.96. The Morgan fingerprint density at radius 2 is 2.16 bits per heavy atom. The number of hydrogen-bond acceptors (Lipinski definition) is 4. The first-order valence-corrected chi connectivity index (χ1v) is 6.49. The highest BCUT2D eigenvalue weighted by Gasteiger charge is 2.33. The molecule has 0 aliphatic heterocycles. The molecule has 0 unspecified atom stereocenters. The number of tetrazole rings is 1. The Kier molecular flexibility index (Phi) is 3.60. The van der Waals surface area contributed by atoms with E-state index in [1.165, 1.54) is 18.5 Å². The van der Waals surface area contributed by atoms with Crippen molar-refractivity contribution in [1.29, 1.82) is 0 Å². The van der Waals surface area contributed by atoms with Crippen LogP contribution in [0.15, 0.2) is 22.7 Å². The third kappa shape index (κ3) is 2.48. The molecule has 100 valence electrons. The topological polar surface area (TPSA) is 80.9 Å². The molecule has 0 aliphatic carbocycles. The van der Waals surface area contributed by atoms with E-state index in [0.717, 1.165) is 0 Å². The van der Waals surface area contributed by atoms with Crippen LogP contribution in [0.3, 0.4) is 0 Å². The van der Waals surface area contributed by atoms with Crippen LogP contribution in [0.4, 0.5) is 0 Å². The molecule has 0 aliphatic rings. The number of halogens is 2. The maximum absolute atomic E-state index is 11.3. The Bertz CT molecular complexity index is 641. The number of benzene rings is 1. The van der Waals surface area contributed by atoms with Crippen LogP contribution < -0.4 is 0 Å². The SMILES string of the molecule is CC(C)(C(=O)O)n1nnnc1-c1ccc(Cl)c(Br)c1. The van der Waals surface area contributed by atoms with Crippen molar-refractivity contribution in [2.24, 2.45) is 0 Å². The lowest BCUT2D eigenvalue weighted by atomic mass is 10.1. The van der Waals surface area contributed by atoms with Gasteiger partial charge in [0.2, 0.25) is 0 Å². The molecule has 2 aromatic rings. The normalized spacial score (nSPS) is 11.6. The third-order valence-corrected chi connectivity index (χ3v) is 3.91. The van der Waals surface area contributed by atoms with Gasteiger partial charge < -0.3 is 5.11 Å².